The van der Waals surface area contributed by atoms with Crippen molar-refractivity contribution in [2.45, 2.75) is 52.3 Å². The zero-order valence-corrected chi connectivity index (χ0v) is 12.1. The highest BCUT2D eigenvalue weighted by molar-refractivity contribution is 5.68. The van der Waals surface area contributed by atoms with Crippen LogP contribution in [0.15, 0.2) is 12.4 Å². The molecule has 1 rings (SSSR count). The summed E-state index contributed by atoms with van der Waals surface area (Å²) in [4.78, 5) is 18.8. The van der Waals surface area contributed by atoms with Crippen LogP contribution in [0, 0.1) is 0 Å². The average molecular weight is 268 g/mol. The lowest BCUT2D eigenvalue weighted by Crippen LogP contribution is -2.43. The van der Waals surface area contributed by atoms with E-state index >= 15 is 0 Å². The van der Waals surface area contributed by atoms with Crippen LogP contribution in [-0.4, -0.2) is 34.2 Å². The number of aromatic nitrogens is 2. The van der Waals surface area contributed by atoms with Crippen LogP contribution >= 0.6 is 0 Å². The van der Waals surface area contributed by atoms with E-state index in [1.807, 2.05) is 27.7 Å². The minimum atomic E-state index is -0.468. The van der Waals surface area contributed by atoms with E-state index in [0.29, 0.717) is 13.1 Å². The fourth-order valence-corrected chi connectivity index (χ4v) is 1.53. The highest BCUT2D eigenvalue weighted by Gasteiger charge is 2.18. The molecule has 1 aromatic heterocycles. The second-order valence-electron chi connectivity index (χ2n) is 5.42. The third-order valence-corrected chi connectivity index (χ3v) is 2.45. The maximum absolute atomic E-state index is 11.6. The Morgan fingerprint density at radius 2 is 2.26 bits per heavy atom. The van der Waals surface area contributed by atoms with Crippen LogP contribution in [0.25, 0.3) is 0 Å². The van der Waals surface area contributed by atoms with Gasteiger partial charge in [0.15, 0.2) is 0 Å². The van der Waals surface area contributed by atoms with E-state index in [9.17, 15) is 4.79 Å². The number of carbonyl (C=O) groups excluding carboxylic acids is 1. The summed E-state index contributed by atoms with van der Waals surface area (Å²) in [5.74, 6) is 0.882. The summed E-state index contributed by atoms with van der Waals surface area (Å²) >= 11 is 0. The standard InChI is InChI=1S/C13H24N4O2/c1-5-10(17-12(18)19-13(2,3)4)8-14-9-11-15-6-7-16-11/h6-7,10,14H,5,8-9H2,1-4H3,(H,15,16)(H,17,18). The summed E-state index contributed by atoms with van der Waals surface area (Å²) in [5, 5.41) is 6.09. The maximum atomic E-state index is 11.6. The Morgan fingerprint density at radius 1 is 1.53 bits per heavy atom. The number of ether oxygens (including phenoxy) is 1. The normalized spacial score (nSPS) is 13.1. The second kappa shape index (κ2) is 7.13. The first-order valence-corrected chi connectivity index (χ1v) is 6.59. The van der Waals surface area contributed by atoms with Crippen molar-refractivity contribution in [3.63, 3.8) is 0 Å². The molecule has 3 N–H and O–H groups in total. The van der Waals surface area contributed by atoms with Crippen molar-refractivity contribution in [2.24, 2.45) is 0 Å². The zero-order valence-electron chi connectivity index (χ0n) is 12.1. The lowest BCUT2D eigenvalue weighted by atomic mass is 10.2. The Labute approximate surface area is 114 Å². The van der Waals surface area contributed by atoms with Crippen LogP contribution in [0.3, 0.4) is 0 Å². The van der Waals surface area contributed by atoms with Crippen molar-refractivity contribution >= 4 is 6.09 Å². The van der Waals surface area contributed by atoms with E-state index < -0.39 is 5.60 Å². The van der Waals surface area contributed by atoms with Gasteiger partial charge in [-0.1, -0.05) is 6.92 Å². The molecule has 6 nitrogen and oxygen atoms in total. The number of hydrogen-bond acceptors (Lipinski definition) is 4. The van der Waals surface area contributed by atoms with Crippen molar-refractivity contribution < 1.29 is 9.53 Å². The predicted molar refractivity (Wildman–Crippen MR) is 73.7 cm³/mol. The molecule has 0 aliphatic rings. The Balaban J connectivity index is 2.27. The molecule has 0 spiro atoms. The molecular weight excluding hydrogens is 244 g/mol. The Kier molecular flexibility index (Phi) is 5.82. The molecule has 19 heavy (non-hydrogen) atoms. The number of imidazole rings is 1. The number of nitrogens with one attached hydrogen (secondary N) is 3. The first-order valence-electron chi connectivity index (χ1n) is 6.59. The summed E-state index contributed by atoms with van der Waals surface area (Å²) in [6, 6.07) is 0.0461. The molecule has 1 heterocycles. The number of hydrogen-bond donors (Lipinski definition) is 3. The highest BCUT2D eigenvalue weighted by Crippen LogP contribution is 2.07. The fraction of sp³-hybridized carbons (Fsp3) is 0.692. The quantitative estimate of drug-likeness (QED) is 0.735. The number of amides is 1. The molecule has 6 heteroatoms. The topological polar surface area (TPSA) is 79.0 Å². The molecule has 1 atom stereocenters. The molecule has 1 amide bonds. The van der Waals surface area contributed by atoms with Gasteiger partial charge in [-0.25, -0.2) is 9.78 Å². The SMILES string of the molecule is CCC(CNCc1ncc[nH]1)NC(=O)OC(C)(C)C. The molecule has 1 unspecified atom stereocenters. The molecule has 0 fully saturated rings. The van der Waals surface area contributed by atoms with Crippen LogP contribution in [0.4, 0.5) is 4.79 Å². The maximum Gasteiger partial charge on any atom is 0.407 e. The van der Waals surface area contributed by atoms with Gasteiger partial charge in [0.2, 0.25) is 0 Å². The molecule has 0 aliphatic carbocycles. The van der Waals surface area contributed by atoms with E-state index in [-0.39, 0.29) is 12.1 Å². The molecule has 1 aromatic rings. The Hall–Kier alpha value is -1.56. The number of alkyl carbamates (subject to hydrolysis) is 1. The minimum absolute atomic E-state index is 0.0461. The van der Waals surface area contributed by atoms with Crippen LogP contribution in [0.1, 0.15) is 39.9 Å². The largest absolute Gasteiger partial charge is 0.444 e. The van der Waals surface area contributed by atoms with Gasteiger partial charge in [-0.3, -0.25) is 0 Å². The third-order valence-electron chi connectivity index (χ3n) is 2.45. The van der Waals surface area contributed by atoms with Crippen molar-refractivity contribution in [1.29, 1.82) is 0 Å². The molecule has 108 valence electrons. The first kappa shape index (κ1) is 15.5. The number of rotatable bonds is 6. The molecule has 0 radical (unpaired) electrons. The third kappa shape index (κ3) is 6.81. The van der Waals surface area contributed by atoms with Gasteiger partial charge in [0.1, 0.15) is 11.4 Å². The van der Waals surface area contributed by atoms with E-state index in [1.165, 1.54) is 0 Å². The Morgan fingerprint density at radius 3 is 2.79 bits per heavy atom. The van der Waals surface area contributed by atoms with E-state index in [4.69, 9.17) is 4.74 Å². The van der Waals surface area contributed by atoms with E-state index in [2.05, 4.69) is 20.6 Å². The van der Waals surface area contributed by atoms with E-state index in [0.717, 1.165) is 12.2 Å². The van der Waals surface area contributed by atoms with Crippen LogP contribution < -0.4 is 10.6 Å². The van der Waals surface area contributed by atoms with Crippen molar-refractivity contribution in [1.82, 2.24) is 20.6 Å². The van der Waals surface area contributed by atoms with Crippen LogP contribution in [0.2, 0.25) is 0 Å². The molecule has 0 aromatic carbocycles. The lowest BCUT2D eigenvalue weighted by Gasteiger charge is -2.23. The number of H-pyrrole nitrogens is 1. The van der Waals surface area contributed by atoms with Crippen LogP contribution in [-0.2, 0) is 11.3 Å². The summed E-state index contributed by atoms with van der Waals surface area (Å²) in [6.45, 7) is 8.90. The molecule has 0 saturated heterocycles. The van der Waals surface area contributed by atoms with Gasteiger partial charge in [0.05, 0.1) is 6.54 Å². The second-order valence-corrected chi connectivity index (χ2v) is 5.42. The molecular formula is C13H24N4O2. The molecule has 0 saturated carbocycles. The number of carbonyl (C=O) groups is 1. The van der Waals surface area contributed by atoms with E-state index in [1.54, 1.807) is 12.4 Å². The van der Waals surface area contributed by atoms with Gasteiger partial charge in [-0.2, -0.15) is 0 Å². The number of nitrogens with zero attached hydrogens (tertiary/aromatic N) is 1. The smallest absolute Gasteiger partial charge is 0.407 e. The van der Waals surface area contributed by atoms with Gasteiger partial charge < -0.3 is 20.4 Å². The van der Waals surface area contributed by atoms with Gasteiger partial charge in [-0.15, -0.1) is 0 Å². The Bertz CT molecular complexity index is 370. The molecule has 0 aliphatic heterocycles. The first-order chi connectivity index (χ1) is 8.90. The monoisotopic (exact) mass is 268 g/mol. The van der Waals surface area contributed by atoms with Gasteiger partial charge in [-0.05, 0) is 27.2 Å². The number of aromatic amines is 1. The fourth-order valence-electron chi connectivity index (χ4n) is 1.53. The van der Waals surface area contributed by atoms with Gasteiger partial charge in [0.25, 0.3) is 0 Å². The predicted octanol–water partition coefficient (Wildman–Crippen LogP) is 1.80. The van der Waals surface area contributed by atoms with Gasteiger partial charge >= 0.3 is 6.09 Å². The molecule has 0 bridgehead atoms. The van der Waals surface area contributed by atoms with Crippen LogP contribution in [0.5, 0.6) is 0 Å². The van der Waals surface area contributed by atoms with Gasteiger partial charge in [0, 0.05) is 25.0 Å². The lowest BCUT2D eigenvalue weighted by molar-refractivity contribution is 0.0502. The average Bonchev–Trinajstić information content (AvgIpc) is 2.78. The summed E-state index contributed by atoms with van der Waals surface area (Å²) < 4.78 is 5.23. The minimum Gasteiger partial charge on any atom is -0.444 e. The summed E-state index contributed by atoms with van der Waals surface area (Å²) in [6.07, 6.45) is 3.96. The summed E-state index contributed by atoms with van der Waals surface area (Å²) in [5.41, 5.74) is -0.468. The van der Waals surface area contributed by atoms with Crippen molar-refractivity contribution in [3.8, 4) is 0 Å². The van der Waals surface area contributed by atoms with Crippen molar-refractivity contribution in [2.75, 3.05) is 6.54 Å². The van der Waals surface area contributed by atoms with Crippen molar-refractivity contribution in [3.05, 3.63) is 18.2 Å². The zero-order chi connectivity index (χ0) is 14.3. The summed E-state index contributed by atoms with van der Waals surface area (Å²) in [7, 11) is 0. The highest BCUT2D eigenvalue weighted by atomic mass is 16.6.